The van der Waals surface area contributed by atoms with Gasteiger partial charge in [0.15, 0.2) is 17.3 Å². The third kappa shape index (κ3) is 6.21. The van der Waals surface area contributed by atoms with Crippen molar-refractivity contribution < 1.29 is 18.8 Å². The van der Waals surface area contributed by atoms with E-state index in [2.05, 4.69) is 37.0 Å². The zero-order valence-corrected chi connectivity index (χ0v) is 27.3. The van der Waals surface area contributed by atoms with Crippen LogP contribution in [0.3, 0.4) is 0 Å². The van der Waals surface area contributed by atoms with Crippen LogP contribution in [0.4, 0.5) is 5.69 Å². The molecule has 226 valence electrons. The molecule has 0 fully saturated rings. The molecule has 0 atom stereocenters. The van der Waals surface area contributed by atoms with Gasteiger partial charge in [0.2, 0.25) is 5.82 Å². The predicted molar refractivity (Wildman–Crippen MR) is 180 cm³/mol. The van der Waals surface area contributed by atoms with Crippen LogP contribution in [-0.4, -0.2) is 27.4 Å². The molecule has 2 aromatic heterocycles. The highest BCUT2D eigenvalue weighted by molar-refractivity contribution is 9.13. The van der Waals surface area contributed by atoms with Crippen molar-refractivity contribution in [1.29, 1.82) is 0 Å². The monoisotopic (exact) mass is 750 g/mol. The lowest BCUT2D eigenvalue weighted by Crippen LogP contribution is -2.20. The smallest absolute Gasteiger partial charge is 0.282 e. The van der Waals surface area contributed by atoms with Gasteiger partial charge in [-0.25, -0.2) is 4.98 Å². The fourth-order valence-corrected chi connectivity index (χ4v) is 5.72. The van der Waals surface area contributed by atoms with E-state index in [1.54, 1.807) is 66.7 Å². The first-order chi connectivity index (χ1) is 21.7. The Kier molecular flexibility index (Phi) is 8.70. The molecule has 0 amide bonds. The number of benzene rings is 4. The second kappa shape index (κ2) is 12.8. The third-order valence-corrected chi connectivity index (χ3v) is 9.13. The van der Waals surface area contributed by atoms with Crippen molar-refractivity contribution in [3.8, 4) is 23.1 Å². The second-order valence-electron chi connectivity index (χ2n) is 9.67. The van der Waals surface area contributed by atoms with Crippen LogP contribution >= 0.6 is 43.5 Å². The Hall–Kier alpha value is -4.52. The molecular weight excluding hydrogens is 732 g/mol. The van der Waals surface area contributed by atoms with Crippen molar-refractivity contribution >= 4 is 77.2 Å². The maximum absolute atomic E-state index is 13.7. The molecule has 2 heterocycles. The van der Waals surface area contributed by atoms with Gasteiger partial charge in [0, 0.05) is 32.6 Å². The topological polar surface area (TPSA) is 122 Å². The van der Waals surface area contributed by atoms with Gasteiger partial charge < -0.3 is 13.9 Å². The number of para-hydroxylation sites is 1. The lowest BCUT2D eigenvalue weighted by Gasteiger charge is -2.16. The highest BCUT2D eigenvalue weighted by Crippen LogP contribution is 2.43. The SMILES string of the molecule is CCOc1cc(C=Nn2c(-c3cc4cc(Cl)ccc4o3)nc3ccccc3c2=O)c(Br)c(Br)c1OCc1ccc([N+](=O)[O-])cc1. The van der Waals surface area contributed by atoms with Crippen molar-refractivity contribution in [3.63, 3.8) is 0 Å². The zero-order chi connectivity index (χ0) is 31.7. The molecule has 6 rings (SSSR count). The Morgan fingerprint density at radius 3 is 2.58 bits per heavy atom. The molecule has 0 saturated carbocycles. The molecule has 6 aromatic rings. The fourth-order valence-electron chi connectivity index (χ4n) is 4.60. The number of hydrogen-bond donors (Lipinski definition) is 0. The van der Waals surface area contributed by atoms with Gasteiger partial charge in [-0.05, 0) is 98.9 Å². The van der Waals surface area contributed by atoms with E-state index in [1.165, 1.54) is 23.0 Å². The number of rotatable bonds is 9. The Morgan fingerprint density at radius 2 is 1.82 bits per heavy atom. The highest BCUT2D eigenvalue weighted by Gasteiger charge is 2.20. The largest absolute Gasteiger partial charge is 0.490 e. The lowest BCUT2D eigenvalue weighted by molar-refractivity contribution is -0.384. The number of halogens is 3. The molecule has 45 heavy (non-hydrogen) atoms. The van der Waals surface area contributed by atoms with Gasteiger partial charge in [0.1, 0.15) is 12.2 Å². The summed E-state index contributed by atoms with van der Waals surface area (Å²) in [7, 11) is 0. The van der Waals surface area contributed by atoms with Crippen LogP contribution in [0.25, 0.3) is 33.5 Å². The van der Waals surface area contributed by atoms with Crippen LogP contribution in [0, 0.1) is 10.1 Å². The Bertz CT molecular complexity index is 2180. The minimum Gasteiger partial charge on any atom is -0.490 e. The Morgan fingerprint density at radius 1 is 1.04 bits per heavy atom. The van der Waals surface area contributed by atoms with E-state index in [-0.39, 0.29) is 23.7 Å². The van der Waals surface area contributed by atoms with E-state index in [0.29, 0.717) is 59.9 Å². The van der Waals surface area contributed by atoms with Gasteiger partial charge in [-0.1, -0.05) is 23.7 Å². The molecule has 0 aliphatic heterocycles. The van der Waals surface area contributed by atoms with Crippen LogP contribution in [0.1, 0.15) is 18.1 Å². The Balaban J connectivity index is 1.40. The summed E-state index contributed by atoms with van der Waals surface area (Å²) in [5.74, 6) is 1.41. The van der Waals surface area contributed by atoms with Gasteiger partial charge in [-0.3, -0.25) is 14.9 Å². The van der Waals surface area contributed by atoms with Crippen LogP contribution < -0.4 is 15.0 Å². The number of ether oxygens (including phenoxy) is 2. The normalized spacial score (nSPS) is 11.5. The maximum atomic E-state index is 13.7. The maximum Gasteiger partial charge on any atom is 0.282 e. The molecule has 10 nitrogen and oxygen atoms in total. The number of fused-ring (bicyclic) bond motifs is 2. The van der Waals surface area contributed by atoms with Crippen LogP contribution in [0.2, 0.25) is 5.02 Å². The summed E-state index contributed by atoms with van der Waals surface area (Å²) in [4.78, 5) is 29.0. The van der Waals surface area contributed by atoms with Crippen molar-refractivity contribution in [2.24, 2.45) is 5.10 Å². The quantitative estimate of drug-likeness (QED) is 0.0823. The average Bonchev–Trinajstić information content (AvgIpc) is 3.46. The summed E-state index contributed by atoms with van der Waals surface area (Å²) in [6.45, 7) is 2.34. The molecule has 0 saturated heterocycles. The van der Waals surface area contributed by atoms with Gasteiger partial charge in [-0.15, -0.1) is 0 Å². The summed E-state index contributed by atoms with van der Waals surface area (Å²) in [6.07, 6.45) is 1.51. The fraction of sp³-hybridized carbons (Fsp3) is 0.0938. The molecule has 0 unspecified atom stereocenters. The van der Waals surface area contributed by atoms with Gasteiger partial charge in [0.25, 0.3) is 11.2 Å². The molecule has 0 bridgehead atoms. The second-order valence-corrected chi connectivity index (χ2v) is 11.7. The van der Waals surface area contributed by atoms with Crippen LogP contribution in [-0.2, 0) is 6.61 Å². The standard InChI is InChI=1S/C32H21Br2ClN4O6/c1-2-43-26-15-20(28(33)29(34)30(26)44-17-18-7-10-22(11-8-18)39(41)42)16-36-38-31(37-24-6-4-3-5-23(24)32(38)40)27-14-19-13-21(35)9-12-25(19)45-27/h3-16H,2,17H2,1H3. The molecule has 0 aliphatic carbocycles. The lowest BCUT2D eigenvalue weighted by atomic mass is 10.2. The van der Waals surface area contributed by atoms with Crippen molar-refractivity contribution in [2.45, 2.75) is 13.5 Å². The number of aromatic nitrogens is 2. The molecule has 0 spiro atoms. The summed E-state index contributed by atoms with van der Waals surface area (Å²) in [6, 6.07) is 21.9. The van der Waals surface area contributed by atoms with Crippen LogP contribution in [0.5, 0.6) is 11.5 Å². The highest BCUT2D eigenvalue weighted by atomic mass is 79.9. The summed E-state index contributed by atoms with van der Waals surface area (Å²) in [5, 5.41) is 17.3. The molecule has 4 aromatic carbocycles. The van der Waals surface area contributed by atoms with Crippen molar-refractivity contribution in [2.75, 3.05) is 6.61 Å². The Labute approximate surface area is 277 Å². The molecule has 0 N–H and O–H groups in total. The van der Waals surface area contributed by atoms with E-state index in [0.717, 1.165) is 10.9 Å². The summed E-state index contributed by atoms with van der Waals surface area (Å²) < 4.78 is 20.4. The molecular formula is C32H21Br2ClN4O6. The van der Waals surface area contributed by atoms with Gasteiger partial charge in [-0.2, -0.15) is 9.78 Å². The number of nitrogens with zero attached hydrogens (tertiary/aromatic N) is 4. The number of furan rings is 1. The van der Waals surface area contributed by atoms with Crippen molar-refractivity contribution in [3.05, 3.63) is 124 Å². The number of non-ortho nitro benzene ring substituents is 1. The predicted octanol–water partition coefficient (Wildman–Crippen LogP) is 8.76. The van der Waals surface area contributed by atoms with E-state index in [9.17, 15) is 14.9 Å². The third-order valence-electron chi connectivity index (χ3n) is 6.75. The van der Waals surface area contributed by atoms with E-state index < -0.39 is 4.92 Å². The zero-order valence-electron chi connectivity index (χ0n) is 23.4. The number of nitro benzene ring substituents is 1. The summed E-state index contributed by atoms with van der Waals surface area (Å²) in [5.41, 5.74) is 2.02. The van der Waals surface area contributed by atoms with Crippen molar-refractivity contribution in [1.82, 2.24) is 9.66 Å². The summed E-state index contributed by atoms with van der Waals surface area (Å²) >= 11 is 13.4. The first-order valence-corrected chi connectivity index (χ1v) is 15.5. The van der Waals surface area contributed by atoms with E-state index in [1.807, 2.05) is 6.92 Å². The van der Waals surface area contributed by atoms with Gasteiger partial charge in [0.05, 0.1) is 33.1 Å². The molecule has 0 radical (unpaired) electrons. The first kappa shape index (κ1) is 30.5. The number of hydrogen-bond acceptors (Lipinski definition) is 8. The molecule has 13 heteroatoms. The van der Waals surface area contributed by atoms with E-state index >= 15 is 0 Å². The van der Waals surface area contributed by atoms with Gasteiger partial charge >= 0.3 is 0 Å². The number of nitro groups is 1. The minimum absolute atomic E-state index is 0.00471. The minimum atomic E-state index is -0.455. The van der Waals surface area contributed by atoms with Crippen LogP contribution in [0.15, 0.2) is 102 Å². The van der Waals surface area contributed by atoms with E-state index in [4.69, 9.17) is 30.5 Å². The first-order valence-electron chi connectivity index (χ1n) is 13.5. The average molecular weight is 753 g/mol. The molecule has 0 aliphatic rings.